The van der Waals surface area contributed by atoms with Crippen LogP contribution >= 0.6 is 0 Å². The second kappa shape index (κ2) is 7.46. The zero-order valence-corrected chi connectivity index (χ0v) is 13.9. The van der Waals surface area contributed by atoms with Crippen LogP contribution in [-0.4, -0.2) is 44.5 Å². The van der Waals surface area contributed by atoms with Gasteiger partial charge in [-0.05, 0) is 37.3 Å². The minimum Gasteiger partial charge on any atom is -0.481 e. The molecule has 0 radical (unpaired) electrons. The number of piperidine rings is 1. The summed E-state index contributed by atoms with van der Waals surface area (Å²) in [7, 11) is 0. The molecule has 1 aromatic heterocycles. The molecule has 1 N–H and O–H groups in total. The number of carboxylic acids is 1. The molecular formula is C18H21N3O4. The second-order valence-corrected chi connectivity index (χ2v) is 6.48. The van der Waals surface area contributed by atoms with E-state index in [0.717, 1.165) is 12.8 Å². The van der Waals surface area contributed by atoms with Crippen molar-refractivity contribution in [2.24, 2.45) is 5.92 Å². The van der Waals surface area contributed by atoms with Crippen LogP contribution in [0.25, 0.3) is 10.9 Å². The largest absolute Gasteiger partial charge is 0.481 e. The lowest BCUT2D eigenvalue weighted by atomic mass is 9.93. The number of rotatable bonds is 5. The number of aliphatic carboxylic acids is 1. The van der Waals surface area contributed by atoms with Crippen molar-refractivity contribution in [3.8, 4) is 0 Å². The van der Waals surface area contributed by atoms with Gasteiger partial charge in [0.2, 0.25) is 5.91 Å². The summed E-state index contributed by atoms with van der Waals surface area (Å²) in [4.78, 5) is 41.7. The number of aromatic nitrogens is 2. The topological polar surface area (TPSA) is 92.5 Å². The van der Waals surface area contributed by atoms with Crippen LogP contribution in [0.5, 0.6) is 0 Å². The fourth-order valence-electron chi connectivity index (χ4n) is 3.32. The van der Waals surface area contributed by atoms with Crippen molar-refractivity contribution in [1.29, 1.82) is 0 Å². The molecule has 2 aromatic rings. The van der Waals surface area contributed by atoms with Gasteiger partial charge in [-0.3, -0.25) is 19.0 Å². The molecule has 1 amide bonds. The average molecular weight is 343 g/mol. The maximum Gasteiger partial charge on any atom is 0.303 e. The molecule has 1 aliphatic rings. The molecule has 1 aliphatic heterocycles. The van der Waals surface area contributed by atoms with Crippen molar-refractivity contribution < 1.29 is 14.7 Å². The Hall–Kier alpha value is -2.70. The molecule has 25 heavy (non-hydrogen) atoms. The first kappa shape index (κ1) is 17.1. The Morgan fingerprint density at radius 1 is 1.28 bits per heavy atom. The maximum absolute atomic E-state index is 12.6. The van der Waals surface area contributed by atoms with E-state index >= 15 is 0 Å². The molecule has 3 rings (SSSR count). The Morgan fingerprint density at radius 2 is 2.08 bits per heavy atom. The Bertz CT molecular complexity index is 846. The number of hydrogen-bond donors (Lipinski definition) is 1. The number of fused-ring (bicyclic) bond motifs is 1. The lowest BCUT2D eigenvalue weighted by Crippen LogP contribution is -2.42. The number of carbonyl (C=O) groups is 2. The second-order valence-electron chi connectivity index (χ2n) is 6.48. The van der Waals surface area contributed by atoms with Crippen molar-refractivity contribution in [2.75, 3.05) is 13.1 Å². The highest BCUT2D eigenvalue weighted by molar-refractivity contribution is 5.79. The van der Waals surface area contributed by atoms with Gasteiger partial charge in [-0.2, -0.15) is 0 Å². The first-order chi connectivity index (χ1) is 12.0. The van der Waals surface area contributed by atoms with E-state index in [4.69, 9.17) is 5.11 Å². The number of nitrogens with zero attached hydrogens (tertiary/aromatic N) is 3. The fourth-order valence-corrected chi connectivity index (χ4v) is 3.32. The van der Waals surface area contributed by atoms with E-state index in [1.54, 1.807) is 23.1 Å². The molecule has 1 unspecified atom stereocenters. The van der Waals surface area contributed by atoms with Crippen LogP contribution in [0.1, 0.15) is 25.7 Å². The fraction of sp³-hybridized carbons (Fsp3) is 0.444. The van der Waals surface area contributed by atoms with E-state index in [1.807, 2.05) is 6.07 Å². The van der Waals surface area contributed by atoms with Gasteiger partial charge in [-0.25, -0.2) is 4.98 Å². The molecular weight excluding hydrogens is 322 g/mol. The van der Waals surface area contributed by atoms with Crippen molar-refractivity contribution in [2.45, 2.75) is 32.2 Å². The van der Waals surface area contributed by atoms with Gasteiger partial charge in [-0.1, -0.05) is 12.1 Å². The van der Waals surface area contributed by atoms with E-state index in [9.17, 15) is 14.4 Å². The molecule has 1 atom stereocenters. The van der Waals surface area contributed by atoms with Crippen LogP contribution in [0.2, 0.25) is 0 Å². The minimum absolute atomic E-state index is 0.0394. The van der Waals surface area contributed by atoms with Crippen molar-refractivity contribution in [3.05, 3.63) is 40.9 Å². The van der Waals surface area contributed by atoms with E-state index in [2.05, 4.69) is 4.98 Å². The monoisotopic (exact) mass is 343 g/mol. The van der Waals surface area contributed by atoms with E-state index in [-0.39, 0.29) is 30.3 Å². The van der Waals surface area contributed by atoms with Gasteiger partial charge >= 0.3 is 5.97 Å². The lowest BCUT2D eigenvalue weighted by molar-refractivity contribution is -0.137. The molecule has 0 saturated carbocycles. The summed E-state index contributed by atoms with van der Waals surface area (Å²) < 4.78 is 1.34. The van der Waals surface area contributed by atoms with Crippen LogP contribution in [-0.2, 0) is 16.1 Å². The van der Waals surface area contributed by atoms with E-state index in [1.165, 1.54) is 10.9 Å². The van der Waals surface area contributed by atoms with Gasteiger partial charge < -0.3 is 10.0 Å². The average Bonchev–Trinajstić information content (AvgIpc) is 2.62. The molecule has 2 heterocycles. The standard InChI is InChI=1S/C18H21N3O4/c22-16(20-9-3-4-13(10-20)7-8-17(23)24)11-21-12-19-15-6-2-1-5-14(15)18(21)25/h1-2,5-6,12-13H,3-4,7-11H2,(H,23,24). The first-order valence-electron chi connectivity index (χ1n) is 8.48. The normalized spacial score (nSPS) is 17.6. The summed E-state index contributed by atoms with van der Waals surface area (Å²) in [6.07, 6.45) is 3.92. The third-order valence-corrected chi connectivity index (χ3v) is 4.68. The first-order valence-corrected chi connectivity index (χ1v) is 8.48. The number of amides is 1. The predicted octanol–water partition coefficient (Wildman–Crippen LogP) is 1.50. The molecule has 1 saturated heterocycles. The Balaban J connectivity index is 1.68. The molecule has 132 valence electrons. The maximum atomic E-state index is 12.6. The summed E-state index contributed by atoms with van der Waals surface area (Å²) in [5, 5.41) is 9.30. The Morgan fingerprint density at radius 3 is 2.88 bits per heavy atom. The zero-order chi connectivity index (χ0) is 17.8. The van der Waals surface area contributed by atoms with Crippen LogP contribution in [0.3, 0.4) is 0 Å². The smallest absolute Gasteiger partial charge is 0.303 e. The number of carboxylic acid groups (broad SMARTS) is 1. The number of likely N-dealkylation sites (tertiary alicyclic amines) is 1. The molecule has 1 aromatic carbocycles. The third-order valence-electron chi connectivity index (χ3n) is 4.68. The highest BCUT2D eigenvalue weighted by atomic mass is 16.4. The van der Waals surface area contributed by atoms with Crippen LogP contribution in [0.4, 0.5) is 0 Å². The zero-order valence-electron chi connectivity index (χ0n) is 13.9. The third kappa shape index (κ3) is 4.04. The summed E-state index contributed by atoms with van der Waals surface area (Å²) in [5.74, 6) is -0.725. The number of benzene rings is 1. The van der Waals surface area contributed by atoms with Crippen molar-refractivity contribution in [3.63, 3.8) is 0 Å². The predicted molar refractivity (Wildman–Crippen MR) is 92.2 cm³/mol. The summed E-state index contributed by atoms with van der Waals surface area (Å²) >= 11 is 0. The van der Waals surface area contributed by atoms with Gasteiger partial charge in [0, 0.05) is 19.5 Å². The van der Waals surface area contributed by atoms with Gasteiger partial charge in [0.1, 0.15) is 6.54 Å². The quantitative estimate of drug-likeness (QED) is 0.888. The molecule has 0 bridgehead atoms. The molecule has 7 nitrogen and oxygen atoms in total. The number of carbonyl (C=O) groups excluding carboxylic acids is 1. The van der Waals surface area contributed by atoms with Gasteiger partial charge in [0.05, 0.1) is 17.2 Å². The van der Waals surface area contributed by atoms with E-state index < -0.39 is 5.97 Å². The van der Waals surface area contributed by atoms with Crippen molar-refractivity contribution >= 4 is 22.8 Å². The molecule has 0 aliphatic carbocycles. The molecule has 1 fully saturated rings. The summed E-state index contributed by atoms with van der Waals surface area (Å²) in [6.45, 7) is 1.17. The van der Waals surface area contributed by atoms with Gasteiger partial charge in [0.15, 0.2) is 0 Å². The lowest BCUT2D eigenvalue weighted by Gasteiger charge is -2.32. The van der Waals surface area contributed by atoms with Gasteiger partial charge in [0.25, 0.3) is 5.56 Å². The van der Waals surface area contributed by atoms with Crippen LogP contribution < -0.4 is 5.56 Å². The highest BCUT2D eigenvalue weighted by Gasteiger charge is 2.24. The highest BCUT2D eigenvalue weighted by Crippen LogP contribution is 2.21. The summed E-state index contributed by atoms with van der Waals surface area (Å²) in [6, 6.07) is 7.06. The summed E-state index contributed by atoms with van der Waals surface area (Å²) in [5.41, 5.74) is 0.390. The van der Waals surface area contributed by atoms with Crippen molar-refractivity contribution in [1.82, 2.24) is 14.5 Å². The minimum atomic E-state index is -0.808. The molecule has 0 spiro atoms. The van der Waals surface area contributed by atoms with Crippen LogP contribution in [0, 0.1) is 5.92 Å². The van der Waals surface area contributed by atoms with E-state index in [0.29, 0.717) is 30.4 Å². The Labute approximate surface area is 144 Å². The number of para-hydroxylation sites is 1. The molecule has 7 heteroatoms. The Kier molecular flexibility index (Phi) is 5.11. The van der Waals surface area contributed by atoms with Gasteiger partial charge in [-0.15, -0.1) is 0 Å². The van der Waals surface area contributed by atoms with Crippen LogP contribution in [0.15, 0.2) is 35.4 Å². The SMILES string of the molecule is O=C(O)CCC1CCCN(C(=O)Cn2cnc3ccccc3c2=O)C1. The number of hydrogen-bond acceptors (Lipinski definition) is 4.